The first kappa shape index (κ1) is 9.43. The van der Waals surface area contributed by atoms with Gasteiger partial charge in [-0.05, 0) is 0 Å². The number of aliphatic imine (C=N–C) groups is 1. The van der Waals surface area contributed by atoms with Crippen molar-refractivity contribution in [3.63, 3.8) is 0 Å². The van der Waals surface area contributed by atoms with Gasteiger partial charge in [-0.1, -0.05) is 0 Å². The fraction of sp³-hybridized carbons (Fsp3) is 0. The molecule has 0 aliphatic carbocycles. The van der Waals surface area contributed by atoms with E-state index in [4.69, 9.17) is 5.73 Å². The summed E-state index contributed by atoms with van der Waals surface area (Å²) in [5.41, 5.74) is 3.58. The molecule has 0 aromatic carbocycles. The second kappa shape index (κ2) is 3.38. The lowest BCUT2D eigenvalue weighted by Gasteiger charge is -1.99. The third-order valence-electron chi connectivity index (χ3n) is 1.18. The third kappa shape index (κ3) is 1.58. The minimum Gasteiger partial charge on any atom is -0.390 e. The highest BCUT2D eigenvalue weighted by molar-refractivity contribution is 5.59. The van der Waals surface area contributed by atoms with E-state index in [9.17, 15) is 17.6 Å². The summed E-state index contributed by atoms with van der Waals surface area (Å²) in [5.74, 6) is -6.89. The lowest BCUT2D eigenvalue weighted by molar-refractivity contribution is 0.410. The molecular weight excluding hydrogens is 190 g/mol. The van der Waals surface area contributed by atoms with Crippen LogP contribution in [0.2, 0.25) is 0 Å². The topological polar surface area (TPSA) is 51.3 Å². The van der Waals surface area contributed by atoms with Crippen molar-refractivity contribution in [3.8, 4) is 0 Å². The molecule has 3 nitrogen and oxygen atoms in total. The summed E-state index contributed by atoms with van der Waals surface area (Å²) in [6, 6.07) is 0. The third-order valence-corrected chi connectivity index (χ3v) is 1.18. The summed E-state index contributed by atoms with van der Waals surface area (Å²) >= 11 is 0. The van der Waals surface area contributed by atoms with Crippen LogP contribution in [0.1, 0.15) is 0 Å². The molecule has 1 rings (SSSR count). The molecule has 0 fully saturated rings. The van der Waals surface area contributed by atoms with Gasteiger partial charge in [0.15, 0.2) is 0 Å². The molecule has 2 N–H and O–H groups in total. The van der Waals surface area contributed by atoms with Crippen molar-refractivity contribution in [1.82, 2.24) is 4.98 Å². The first-order valence-electron chi connectivity index (χ1n) is 3.02. The van der Waals surface area contributed by atoms with Crippen molar-refractivity contribution in [2.75, 3.05) is 0 Å². The van der Waals surface area contributed by atoms with Crippen LogP contribution in [0, 0.1) is 23.5 Å². The number of hydrogen-bond donors (Lipinski definition) is 1. The van der Waals surface area contributed by atoms with Crippen LogP contribution in [0.15, 0.2) is 4.99 Å². The maximum absolute atomic E-state index is 12.6. The van der Waals surface area contributed by atoms with Crippen molar-refractivity contribution in [1.29, 1.82) is 0 Å². The Morgan fingerprint density at radius 1 is 1.08 bits per heavy atom. The number of pyridine rings is 1. The highest BCUT2D eigenvalue weighted by Crippen LogP contribution is 2.23. The molecule has 0 saturated carbocycles. The Morgan fingerprint density at radius 3 is 1.92 bits per heavy atom. The van der Waals surface area contributed by atoms with Gasteiger partial charge in [0.25, 0.3) is 11.9 Å². The SMILES string of the molecule is NC=Nc1c(F)c(F)nc(F)c1F. The molecule has 0 saturated heterocycles. The zero-order chi connectivity index (χ0) is 10.0. The van der Waals surface area contributed by atoms with Crippen LogP contribution < -0.4 is 5.73 Å². The molecular formula is C6H3F4N3. The van der Waals surface area contributed by atoms with E-state index in [0.717, 1.165) is 0 Å². The normalized spacial score (nSPS) is 11.1. The number of hydrogen-bond acceptors (Lipinski definition) is 2. The van der Waals surface area contributed by atoms with Gasteiger partial charge >= 0.3 is 0 Å². The molecule has 0 spiro atoms. The van der Waals surface area contributed by atoms with Crippen LogP contribution in [0.3, 0.4) is 0 Å². The van der Waals surface area contributed by atoms with E-state index < -0.39 is 29.2 Å². The smallest absolute Gasteiger partial charge is 0.254 e. The lowest BCUT2D eigenvalue weighted by Crippen LogP contribution is -2.00. The van der Waals surface area contributed by atoms with E-state index in [-0.39, 0.29) is 0 Å². The molecule has 1 aromatic rings. The molecule has 0 aliphatic rings. The molecule has 0 unspecified atom stereocenters. The van der Waals surface area contributed by atoms with Gasteiger partial charge in [-0.2, -0.15) is 22.5 Å². The minimum atomic E-state index is -1.76. The highest BCUT2D eigenvalue weighted by Gasteiger charge is 2.19. The first-order chi connectivity index (χ1) is 6.07. The number of nitrogens with two attached hydrogens (primary N) is 1. The summed E-state index contributed by atoms with van der Waals surface area (Å²) in [6.45, 7) is 0. The van der Waals surface area contributed by atoms with E-state index >= 15 is 0 Å². The molecule has 7 heteroatoms. The maximum atomic E-state index is 12.6. The largest absolute Gasteiger partial charge is 0.390 e. The molecule has 70 valence electrons. The van der Waals surface area contributed by atoms with Crippen LogP contribution >= 0.6 is 0 Å². The Balaban J connectivity index is 3.46. The predicted molar refractivity (Wildman–Crippen MR) is 36.4 cm³/mol. The maximum Gasteiger partial charge on any atom is 0.254 e. The molecule has 1 heterocycles. The quantitative estimate of drug-likeness (QED) is 0.316. The number of nitrogens with zero attached hydrogens (tertiary/aromatic N) is 2. The van der Waals surface area contributed by atoms with Crippen molar-refractivity contribution in [2.45, 2.75) is 0 Å². The number of halogens is 4. The van der Waals surface area contributed by atoms with E-state index in [1.807, 2.05) is 0 Å². The van der Waals surface area contributed by atoms with Gasteiger partial charge in [0.1, 0.15) is 5.69 Å². The van der Waals surface area contributed by atoms with Crippen LogP contribution in [0.4, 0.5) is 23.2 Å². The van der Waals surface area contributed by atoms with Gasteiger partial charge in [0.05, 0.1) is 6.34 Å². The minimum absolute atomic E-state index is 0.514. The predicted octanol–water partition coefficient (Wildman–Crippen LogP) is 1.26. The Labute approximate surface area is 69.9 Å². The Kier molecular flexibility index (Phi) is 2.45. The van der Waals surface area contributed by atoms with Gasteiger partial charge in [0.2, 0.25) is 11.6 Å². The molecule has 0 atom stereocenters. The molecule has 13 heavy (non-hydrogen) atoms. The van der Waals surface area contributed by atoms with Crippen LogP contribution in [-0.2, 0) is 0 Å². The molecule has 0 bridgehead atoms. The summed E-state index contributed by atoms with van der Waals surface area (Å²) in [6.07, 6.45) is 0.514. The summed E-state index contributed by atoms with van der Waals surface area (Å²) in [7, 11) is 0. The fourth-order valence-corrected chi connectivity index (χ4v) is 0.664. The molecule has 0 amide bonds. The van der Waals surface area contributed by atoms with Crippen molar-refractivity contribution < 1.29 is 17.6 Å². The average molecular weight is 193 g/mol. The number of aromatic nitrogens is 1. The monoisotopic (exact) mass is 193 g/mol. The summed E-state index contributed by atoms with van der Waals surface area (Å²) < 4.78 is 49.9. The lowest BCUT2D eigenvalue weighted by atomic mass is 10.4. The zero-order valence-electron chi connectivity index (χ0n) is 6.06. The van der Waals surface area contributed by atoms with Crippen molar-refractivity contribution in [2.24, 2.45) is 10.7 Å². The molecule has 1 aromatic heterocycles. The Hall–Kier alpha value is -1.66. The van der Waals surface area contributed by atoms with Gasteiger partial charge in [-0.25, -0.2) is 4.99 Å². The van der Waals surface area contributed by atoms with Gasteiger partial charge in [-0.15, -0.1) is 0 Å². The van der Waals surface area contributed by atoms with Crippen LogP contribution in [0.25, 0.3) is 0 Å². The van der Waals surface area contributed by atoms with Crippen LogP contribution in [-0.4, -0.2) is 11.3 Å². The fourth-order valence-electron chi connectivity index (χ4n) is 0.664. The van der Waals surface area contributed by atoms with E-state index in [1.54, 1.807) is 0 Å². The van der Waals surface area contributed by atoms with Crippen molar-refractivity contribution in [3.05, 3.63) is 23.5 Å². The molecule has 0 aliphatic heterocycles. The first-order valence-corrected chi connectivity index (χ1v) is 3.02. The standard InChI is InChI=1S/C6H3F4N3/c7-2-4(12-1-11)3(8)6(10)13-5(2)9/h1H,(H2,11,12,13). The molecule has 0 radical (unpaired) electrons. The zero-order valence-corrected chi connectivity index (χ0v) is 6.06. The van der Waals surface area contributed by atoms with Gasteiger partial charge in [0, 0.05) is 0 Å². The average Bonchev–Trinajstić information content (AvgIpc) is 2.09. The van der Waals surface area contributed by atoms with E-state index in [2.05, 4.69) is 9.98 Å². The highest BCUT2D eigenvalue weighted by atomic mass is 19.2. The van der Waals surface area contributed by atoms with Crippen molar-refractivity contribution >= 4 is 12.0 Å². The summed E-state index contributed by atoms with van der Waals surface area (Å²) in [5, 5.41) is 0. The number of rotatable bonds is 1. The Bertz CT molecular complexity index is 337. The van der Waals surface area contributed by atoms with Gasteiger partial charge in [-0.3, -0.25) is 0 Å². The van der Waals surface area contributed by atoms with Gasteiger partial charge < -0.3 is 5.73 Å². The van der Waals surface area contributed by atoms with Crippen LogP contribution in [0.5, 0.6) is 0 Å². The second-order valence-electron chi connectivity index (χ2n) is 1.95. The Morgan fingerprint density at radius 2 is 1.54 bits per heavy atom. The summed E-state index contributed by atoms with van der Waals surface area (Å²) in [4.78, 5) is 5.23. The van der Waals surface area contributed by atoms with E-state index in [1.165, 1.54) is 0 Å². The second-order valence-corrected chi connectivity index (χ2v) is 1.95. The van der Waals surface area contributed by atoms with E-state index in [0.29, 0.717) is 6.34 Å².